The molecule has 0 aromatic heterocycles. The van der Waals surface area contributed by atoms with E-state index in [1.807, 2.05) is 6.08 Å². The summed E-state index contributed by atoms with van der Waals surface area (Å²) in [6, 6.07) is 32.0. The fraction of sp³-hybridized carbons (Fsp3) is 0.130. The Hall–Kier alpha value is -2.64. The summed E-state index contributed by atoms with van der Waals surface area (Å²) in [7, 11) is 0. The molecule has 0 amide bonds. The first kappa shape index (κ1) is 16.2. The quantitative estimate of drug-likeness (QED) is 0.490. The Morgan fingerprint density at radius 3 is 1.33 bits per heavy atom. The van der Waals surface area contributed by atoms with Gasteiger partial charge in [0.25, 0.3) is 0 Å². The van der Waals surface area contributed by atoms with E-state index in [9.17, 15) is 0 Å². The summed E-state index contributed by atoms with van der Waals surface area (Å²) in [5, 5.41) is 3.81. The molecule has 0 aliphatic rings. The number of rotatable bonds is 6. The van der Waals surface area contributed by atoms with Gasteiger partial charge in [0.15, 0.2) is 0 Å². The summed E-state index contributed by atoms with van der Waals surface area (Å²) in [5.41, 5.74) is 3.24. The topological polar surface area (TPSA) is 12.0 Å². The fourth-order valence-corrected chi connectivity index (χ4v) is 3.21. The van der Waals surface area contributed by atoms with Crippen molar-refractivity contribution in [2.45, 2.75) is 18.5 Å². The van der Waals surface area contributed by atoms with Crippen LogP contribution in [0.15, 0.2) is 104 Å². The first-order chi connectivity index (χ1) is 11.8. The summed E-state index contributed by atoms with van der Waals surface area (Å²) in [4.78, 5) is 0. The zero-order chi connectivity index (χ0) is 16.8. The Balaban J connectivity index is 2.30. The second-order valence-corrected chi connectivity index (χ2v) is 6.02. The van der Waals surface area contributed by atoms with Crippen molar-refractivity contribution in [2.75, 3.05) is 0 Å². The molecule has 0 radical (unpaired) electrons. The van der Waals surface area contributed by atoms with E-state index in [-0.39, 0.29) is 6.04 Å². The van der Waals surface area contributed by atoms with E-state index in [0.29, 0.717) is 0 Å². The van der Waals surface area contributed by atoms with Crippen molar-refractivity contribution in [1.82, 2.24) is 5.32 Å². The summed E-state index contributed by atoms with van der Waals surface area (Å²) >= 11 is 0. The van der Waals surface area contributed by atoms with E-state index >= 15 is 0 Å². The van der Waals surface area contributed by atoms with E-state index in [0.717, 1.165) is 0 Å². The third-order valence-corrected chi connectivity index (χ3v) is 4.42. The first-order valence-electron chi connectivity index (χ1n) is 8.34. The van der Waals surface area contributed by atoms with Gasteiger partial charge in [-0.1, -0.05) is 97.1 Å². The Morgan fingerprint density at radius 1 is 0.708 bits per heavy atom. The summed E-state index contributed by atoms with van der Waals surface area (Å²) in [6.07, 6.45) is 1.95. The highest BCUT2D eigenvalue weighted by atomic mass is 15.0. The smallest absolute Gasteiger partial charge is 0.0952 e. The van der Waals surface area contributed by atoms with Gasteiger partial charge in [-0.15, -0.1) is 6.58 Å². The normalized spacial score (nSPS) is 12.5. The van der Waals surface area contributed by atoms with Gasteiger partial charge >= 0.3 is 0 Å². The van der Waals surface area contributed by atoms with Gasteiger partial charge in [-0.05, 0) is 23.6 Å². The fourth-order valence-electron chi connectivity index (χ4n) is 3.21. The number of nitrogens with one attached hydrogen (secondary N) is 1. The molecule has 3 aromatic rings. The Bertz CT molecular complexity index is 666. The molecule has 0 aliphatic heterocycles. The maximum atomic E-state index is 3.96. The molecule has 0 unspecified atom stereocenters. The minimum Gasteiger partial charge on any atom is -0.294 e. The zero-order valence-electron chi connectivity index (χ0n) is 14.0. The van der Waals surface area contributed by atoms with Crippen LogP contribution in [-0.2, 0) is 5.54 Å². The van der Waals surface area contributed by atoms with Crippen LogP contribution >= 0.6 is 0 Å². The SMILES string of the molecule is C=C[C@H](C)NC(c1ccccc1)(c1ccccc1)c1ccccc1. The van der Waals surface area contributed by atoms with E-state index in [1.54, 1.807) is 0 Å². The van der Waals surface area contributed by atoms with Crippen molar-refractivity contribution in [3.63, 3.8) is 0 Å². The van der Waals surface area contributed by atoms with Crippen molar-refractivity contribution in [2.24, 2.45) is 0 Å². The number of hydrogen-bond acceptors (Lipinski definition) is 1. The van der Waals surface area contributed by atoms with Crippen LogP contribution in [0.1, 0.15) is 23.6 Å². The maximum Gasteiger partial charge on any atom is 0.0952 e. The van der Waals surface area contributed by atoms with E-state index < -0.39 is 5.54 Å². The Morgan fingerprint density at radius 2 is 1.04 bits per heavy atom. The average Bonchev–Trinajstić information content (AvgIpc) is 2.68. The van der Waals surface area contributed by atoms with Crippen LogP contribution in [0.4, 0.5) is 0 Å². The minimum atomic E-state index is -0.419. The van der Waals surface area contributed by atoms with E-state index in [4.69, 9.17) is 0 Å². The summed E-state index contributed by atoms with van der Waals surface area (Å²) in [5.74, 6) is 0. The first-order valence-corrected chi connectivity index (χ1v) is 8.34. The summed E-state index contributed by atoms with van der Waals surface area (Å²) < 4.78 is 0. The van der Waals surface area contributed by atoms with Crippen molar-refractivity contribution >= 4 is 0 Å². The molecule has 0 fully saturated rings. The monoisotopic (exact) mass is 313 g/mol. The Kier molecular flexibility index (Phi) is 4.93. The molecular weight excluding hydrogens is 290 g/mol. The predicted octanol–water partition coefficient (Wildman–Crippen LogP) is 5.14. The highest BCUT2D eigenvalue weighted by Crippen LogP contribution is 2.37. The van der Waals surface area contributed by atoms with Gasteiger partial charge in [0.2, 0.25) is 0 Å². The third kappa shape index (κ3) is 3.04. The molecule has 0 bridgehead atoms. The molecule has 0 saturated carbocycles. The second-order valence-electron chi connectivity index (χ2n) is 6.02. The van der Waals surface area contributed by atoms with Crippen molar-refractivity contribution < 1.29 is 0 Å². The molecule has 120 valence electrons. The van der Waals surface area contributed by atoms with Crippen LogP contribution in [0, 0.1) is 0 Å². The van der Waals surface area contributed by atoms with Crippen LogP contribution in [0.2, 0.25) is 0 Å². The van der Waals surface area contributed by atoms with Gasteiger partial charge in [0.05, 0.1) is 5.54 Å². The molecule has 1 nitrogen and oxygen atoms in total. The number of benzene rings is 3. The van der Waals surface area contributed by atoms with Gasteiger partial charge in [-0.2, -0.15) is 0 Å². The highest BCUT2D eigenvalue weighted by molar-refractivity contribution is 5.49. The molecular formula is C23H23N. The standard InChI is InChI=1S/C23H23N/c1-3-19(2)24-23(20-13-7-4-8-14-20,21-15-9-5-10-16-21)22-17-11-6-12-18-22/h3-19,24H,1H2,2H3/t19-/m0/s1. The molecule has 3 aromatic carbocycles. The maximum absolute atomic E-state index is 3.96. The van der Waals surface area contributed by atoms with Gasteiger partial charge in [-0.3, -0.25) is 5.32 Å². The molecule has 3 rings (SSSR count). The minimum absolute atomic E-state index is 0.158. The average molecular weight is 313 g/mol. The number of hydrogen-bond donors (Lipinski definition) is 1. The molecule has 24 heavy (non-hydrogen) atoms. The molecule has 1 N–H and O–H groups in total. The van der Waals surface area contributed by atoms with Crippen molar-refractivity contribution in [3.05, 3.63) is 120 Å². The molecule has 0 saturated heterocycles. The lowest BCUT2D eigenvalue weighted by Gasteiger charge is -2.39. The summed E-state index contributed by atoms with van der Waals surface area (Å²) in [6.45, 7) is 6.10. The highest BCUT2D eigenvalue weighted by Gasteiger charge is 2.36. The lowest BCUT2D eigenvalue weighted by Crippen LogP contribution is -2.48. The molecule has 0 spiro atoms. The lowest BCUT2D eigenvalue weighted by molar-refractivity contribution is 0.445. The Labute approximate surface area is 144 Å². The van der Waals surface area contributed by atoms with Crippen LogP contribution < -0.4 is 5.32 Å². The van der Waals surface area contributed by atoms with Crippen LogP contribution in [0.3, 0.4) is 0 Å². The van der Waals surface area contributed by atoms with E-state index in [2.05, 4.69) is 110 Å². The largest absolute Gasteiger partial charge is 0.294 e. The predicted molar refractivity (Wildman–Crippen MR) is 102 cm³/mol. The molecule has 1 atom stereocenters. The van der Waals surface area contributed by atoms with Crippen LogP contribution in [-0.4, -0.2) is 6.04 Å². The molecule has 1 heteroatoms. The third-order valence-electron chi connectivity index (χ3n) is 4.42. The zero-order valence-corrected chi connectivity index (χ0v) is 14.0. The van der Waals surface area contributed by atoms with Gasteiger partial charge < -0.3 is 0 Å². The van der Waals surface area contributed by atoms with Crippen molar-refractivity contribution in [1.29, 1.82) is 0 Å². The van der Waals surface area contributed by atoms with Crippen LogP contribution in [0.25, 0.3) is 0 Å². The molecule has 0 heterocycles. The van der Waals surface area contributed by atoms with Crippen LogP contribution in [0.5, 0.6) is 0 Å². The molecule has 0 aliphatic carbocycles. The van der Waals surface area contributed by atoms with Crippen molar-refractivity contribution in [3.8, 4) is 0 Å². The lowest BCUT2D eigenvalue weighted by atomic mass is 9.76. The van der Waals surface area contributed by atoms with E-state index in [1.165, 1.54) is 16.7 Å². The van der Waals surface area contributed by atoms with Gasteiger partial charge in [-0.25, -0.2) is 0 Å². The van der Waals surface area contributed by atoms with Gasteiger partial charge in [0.1, 0.15) is 0 Å². The second kappa shape index (κ2) is 7.29. The van der Waals surface area contributed by atoms with Gasteiger partial charge in [0, 0.05) is 6.04 Å².